The van der Waals surface area contributed by atoms with Crippen LogP contribution in [0.1, 0.15) is 24.1 Å². The molecule has 0 radical (unpaired) electrons. The van der Waals surface area contributed by atoms with Gasteiger partial charge in [0.05, 0.1) is 11.1 Å². The van der Waals surface area contributed by atoms with E-state index in [1.807, 2.05) is 30.3 Å². The summed E-state index contributed by atoms with van der Waals surface area (Å²) in [5.41, 5.74) is 3.17. The van der Waals surface area contributed by atoms with Gasteiger partial charge in [-0.1, -0.05) is 18.2 Å². The summed E-state index contributed by atoms with van der Waals surface area (Å²) in [7, 11) is 0. The van der Waals surface area contributed by atoms with E-state index in [4.69, 9.17) is 4.98 Å². The topological polar surface area (TPSA) is 42.9 Å². The summed E-state index contributed by atoms with van der Waals surface area (Å²) in [5.74, 6) is 0. The molecule has 0 bridgehead atoms. The summed E-state index contributed by atoms with van der Waals surface area (Å²) in [6, 6.07) is 11.7. The van der Waals surface area contributed by atoms with Crippen molar-refractivity contribution in [3.8, 4) is 10.7 Å². The molecule has 1 aliphatic carbocycles. The molecule has 104 valence electrons. The lowest BCUT2D eigenvalue weighted by Crippen LogP contribution is -2.08. The summed E-state index contributed by atoms with van der Waals surface area (Å²) in [4.78, 5) is 21.1. The van der Waals surface area contributed by atoms with Gasteiger partial charge in [0.2, 0.25) is 0 Å². The average molecular weight is 294 g/mol. The third-order valence-corrected chi connectivity index (χ3v) is 4.99. The molecule has 4 heteroatoms. The number of fused-ring (bicyclic) bond motifs is 2. The molecule has 0 unspecified atom stereocenters. The lowest BCUT2D eigenvalue weighted by atomic mass is 9.96. The lowest BCUT2D eigenvalue weighted by Gasteiger charge is -2.15. The highest BCUT2D eigenvalue weighted by molar-refractivity contribution is 7.21. The minimum Gasteiger partial charge on any atom is -0.267 e. The van der Waals surface area contributed by atoms with E-state index in [9.17, 15) is 4.79 Å². The molecule has 3 nitrogen and oxygen atoms in total. The van der Waals surface area contributed by atoms with Crippen LogP contribution < -0.4 is 5.56 Å². The molecule has 0 saturated heterocycles. The molecule has 3 aromatic rings. The number of aryl methyl sites for hydroxylation is 2. The zero-order valence-electron chi connectivity index (χ0n) is 11.5. The van der Waals surface area contributed by atoms with Gasteiger partial charge in [0, 0.05) is 10.4 Å². The van der Waals surface area contributed by atoms with E-state index < -0.39 is 0 Å². The predicted octanol–water partition coefficient (Wildman–Crippen LogP) is 3.60. The first-order valence-electron chi connectivity index (χ1n) is 7.20. The van der Waals surface area contributed by atoms with Gasteiger partial charge in [-0.2, -0.15) is 4.98 Å². The predicted molar refractivity (Wildman–Crippen MR) is 85.8 cm³/mol. The van der Waals surface area contributed by atoms with E-state index in [1.165, 1.54) is 35.4 Å². The van der Waals surface area contributed by atoms with E-state index in [1.54, 1.807) is 0 Å². The van der Waals surface area contributed by atoms with Crippen LogP contribution in [0.4, 0.5) is 0 Å². The second-order valence-corrected chi connectivity index (χ2v) is 6.36. The molecule has 4 rings (SSSR count). The fraction of sp³-hybridized carbons (Fsp3) is 0.235. The first-order valence-corrected chi connectivity index (χ1v) is 8.02. The Balaban J connectivity index is 1.88. The van der Waals surface area contributed by atoms with Gasteiger partial charge >= 0.3 is 0 Å². The fourth-order valence-electron chi connectivity index (χ4n) is 2.82. The second-order valence-electron chi connectivity index (χ2n) is 5.33. The van der Waals surface area contributed by atoms with Crippen LogP contribution in [0.5, 0.6) is 0 Å². The van der Waals surface area contributed by atoms with E-state index in [0.29, 0.717) is 10.4 Å². The van der Waals surface area contributed by atoms with Crippen molar-refractivity contribution in [2.45, 2.75) is 25.7 Å². The Hall–Kier alpha value is -2.07. The Morgan fingerprint density at radius 3 is 2.76 bits per heavy atom. The molecule has 2 heterocycles. The lowest BCUT2D eigenvalue weighted by molar-refractivity contribution is 0.668. The smallest absolute Gasteiger partial charge is 0.267 e. The third-order valence-electron chi connectivity index (χ3n) is 3.92. The van der Waals surface area contributed by atoms with Crippen LogP contribution in [0.25, 0.3) is 20.8 Å². The molecular formula is C17H14N2OS. The van der Waals surface area contributed by atoms with E-state index in [-0.39, 0.29) is 5.56 Å². The summed E-state index contributed by atoms with van der Waals surface area (Å²) >= 11 is 1.53. The number of pyridine rings is 1. The van der Waals surface area contributed by atoms with Gasteiger partial charge in [0.15, 0.2) is 0 Å². The molecular weight excluding hydrogens is 280 g/mol. The molecule has 0 N–H and O–H groups in total. The van der Waals surface area contributed by atoms with Crippen LogP contribution in [0.3, 0.4) is 0 Å². The zero-order valence-corrected chi connectivity index (χ0v) is 12.3. The normalized spacial score (nSPS) is 14.1. The molecule has 21 heavy (non-hydrogen) atoms. The van der Waals surface area contributed by atoms with Crippen molar-refractivity contribution in [3.63, 3.8) is 0 Å². The van der Waals surface area contributed by atoms with Crippen molar-refractivity contribution >= 4 is 21.4 Å². The van der Waals surface area contributed by atoms with Gasteiger partial charge in [-0.3, -0.25) is 9.78 Å². The molecule has 0 saturated carbocycles. The van der Waals surface area contributed by atoms with Crippen LogP contribution in [0, 0.1) is 0 Å². The third kappa shape index (κ3) is 2.25. The Morgan fingerprint density at radius 1 is 0.952 bits per heavy atom. The van der Waals surface area contributed by atoms with Gasteiger partial charge in [-0.25, -0.2) is 0 Å². The summed E-state index contributed by atoms with van der Waals surface area (Å²) in [5, 5.41) is 1.40. The quantitative estimate of drug-likeness (QED) is 0.688. The highest BCUT2D eigenvalue weighted by atomic mass is 32.1. The molecule has 0 fully saturated rings. The highest BCUT2D eigenvalue weighted by Gasteiger charge is 2.13. The van der Waals surface area contributed by atoms with Crippen molar-refractivity contribution < 1.29 is 0 Å². The minimum atomic E-state index is -0.168. The molecule has 2 aromatic heterocycles. The first kappa shape index (κ1) is 12.7. The number of aromatic nitrogens is 2. The van der Waals surface area contributed by atoms with Crippen molar-refractivity contribution in [1.29, 1.82) is 0 Å². The van der Waals surface area contributed by atoms with Crippen LogP contribution in [0.2, 0.25) is 0 Å². The number of hydrogen-bond acceptors (Lipinski definition) is 4. The van der Waals surface area contributed by atoms with E-state index >= 15 is 0 Å². The summed E-state index contributed by atoms with van der Waals surface area (Å²) in [6.07, 6.45) is 4.59. The van der Waals surface area contributed by atoms with Gasteiger partial charge < -0.3 is 0 Å². The van der Waals surface area contributed by atoms with Crippen LogP contribution in [-0.4, -0.2) is 9.97 Å². The van der Waals surface area contributed by atoms with Gasteiger partial charge in [0.25, 0.3) is 5.56 Å². The van der Waals surface area contributed by atoms with E-state index in [0.717, 1.165) is 23.2 Å². The molecule has 0 amide bonds. The Bertz CT molecular complexity index is 885. The Kier molecular flexibility index (Phi) is 3.04. The molecule has 1 aliphatic rings. The van der Waals surface area contributed by atoms with Gasteiger partial charge in [-0.05, 0) is 49.4 Å². The number of hydrogen-bond donors (Lipinski definition) is 0. The molecule has 0 atom stereocenters. The molecule has 0 aliphatic heterocycles. The van der Waals surface area contributed by atoms with Crippen molar-refractivity contribution in [2.75, 3.05) is 0 Å². The maximum atomic E-state index is 12.1. The van der Waals surface area contributed by atoms with Crippen molar-refractivity contribution in [3.05, 3.63) is 58.0 Å². The number of rotatable bonds is 1. The second kappa shape index (κ2) is 5.04. The van der Waals surface area contributed by atoms with Gasteiger partial charge in [-0.15, -0.1) is 11.3 Å². The van der Waals surface area contributed by atoms with Crippen LogP contribution >= 0.6 is 11.3 Å². The highest BCUT2D eigenvalue weighted by Crippen LogP contribution is 2.27. The van der Waals surface area contributed by atoms with Gasteiger partial charge in [0.1, 0.15) is 5.01 Å². The Labute approximate surface area is 126 Å². The van der Waals surface area contributed by atoms with Crippen molar-refractivity contribution in [2.24, 2.45) is 0 Å². The SMILES string of the molecule is O=c1nc(-c2ccc3c(n2)CCCC3)sc2ccccc12. The summed E-state index contributed by atoms with van der Waals surface area (Å²) < 4.78 is 0.965. The maximum absolute atomic E-state index is 12.1. The van der Waals surface area contributed by atoms with E-state index in [2.05, 4.69) is 11.1 Å². The standard InChI is InChI=1S/C17H14N2OS/c20-16-12-6-2-4-8-15(12)21-17(19-16)14-10-9-11-5-1-3-7-13(11)18-14/h2,4,6,8-10H,1,3,5,7H2. The van der Waals surface area contributed by atoms with Crippen LogP contribution in [-0.2, 0) is 12.8 Å². The average Bonchev–Trinajstić information content (AvgIpc) is 2.54. The zero-order chi connectivity index (χ0) is 14.2. The fourth-order valence-corrected chi connectivity index (χ4v) is 3.79. The number of nitrogens with zero attached hydrogens (tertiary/aromatic N) is 2. The van der Waals surface area contributed by atoms with Crippen LogP contribution in [0.15, 0.2) is 41.2 Å². The molecule has 0 spiro atoms. The maximum Gasteiger partial charge on any atom is 0.279 e. The first-order chi connectivity index (χ1) is 10.3. The molecule has 1 aromatic carbocycles. The minimum absolute atomic E-state index is 0.168. The largest absolute Gasteiger partial charge is 0.279 e. The monoisotopic (exact) mass is 294 g/mol. The Morgan fingerprint density at radius 2 is 1.81 bits per heavy atom. The summed E-state index contributed by atoms with van der Waals surface area (Å²) in [6.45, 7) is 0. The van der Waals surface area contributed by atoms with Crippen molar-refractivity contribution in [1.82, 2.24) is 9.97 Å². The number of benzene rings is 1.